The number of aliphatic hydroxyl groups excluding tert-OH is 1. The predicted molar refractivity (Wildman–Crippen MR) is 94.4 cm³/mol. The van der Waals surface area contributed by atoms with Gasteiger partial charge in [0.15, 0.2) is 0 Å². The van der Waals surface area contributed by atoms with E-state index in [9.17, 15) is 9.90 Å². The van der Waals surface area contributed by atoms with E-state index in [1.807, 2.05) is 0 Å². The summed E-state index contributed by atoms with van der Waals surface area (Å²) >= 11 is 0. The first-order chi connectivity index (χ1) is 12.2. The van der Waals surface area contributed by atoms with Gasteiger partial charge in [0.1, 0.15) is 0 Å². The summed E-state index contributed by atoms with van der Waals surface area (Å²) in [5.41, 5.74) is 0. The molecule has 3 saturated heterocycles. The Balaban J connectivity index is 1.34. The van der Waals surface area contributed by atoms with Crippen molar-refractivity contribution in [3.8, 4) is 0 Å². The van der Waals surface area contributed by atoms with E-state index in [1.165, 1.54) is 19.3 Å². The lowest BCUT2D eigenvalue weighted by molar-refractivity contribution is -0.137. The molecule has 144 valence electrons. The molecule has 0 spiro atoms. The number of ether oxygens (including phenoxy) is 2. The van der Waals surface area contributed by atoms with Gasteiger partial charge in [0, 0.05) is 25.7 Å². The maximum atomic E-state index is 12.2. The Morgan fingerprint density at radius 1 is 1.20 bits per heavy atom. The van der Waals surface area contributed by atoms with Gasteiger partial charge >= 0.3 is 0 Å². The first-order valence-electron chi connectivity index (χ1n) is 9.84. The lowest BCUT2D eigenvalue weighted by atomic mass is 9.96. The third kappa shape index (κ3) is 6.18. The largest absolute Gasteiger partial charge is 0.389 e. The van der Waals surface area contributed by atoms with Crippen molar-refractivity contribution >= 4 is 5.91 Å². The van der Waals surface area contributed by atoms with Gasteiger partial charge in [-0.1, -0.05) is 6.42 Å². The van der Waals surface area contributed by atoms with Gasteiger partial charge in [0.05, 0.1) is 37.9 Å². The highest BCUT2D eigenvalue weighted by Gasteiger charge is 2.33. The van der Waals surface area contributed by atoms with Crippen molar-refractivity contribution in [2.24, 2.45) is 0 Å². The molecule has 0 radical (unpaired) electrons. The average molecular weight is 355 g/mol. The normalized spacial score (nSPS) is 34.6. The highest BCUT2D eigenvalue weighted by atomic mass is 16.5. The first kappa shape index (κ1) is 19.0. The number of hydrogen-bond donors (Lipinski definition) is 3. The van der Waals surface area contributed by atoms with Crippen LogP contribution in [0.15, 0.2) is 0 Å². The Morgan fingerprint density at radius 2 is 2.04 bits per heavy atom. The fourth-order valence-corrected chi connectivity index (χ4v) is 3.98. The van der Waals surface area contributed by atoms with Crippen LogP contribution in [0.5, 0.6) is 0 Å². The zero-order valence-electron chi connectivity index (χ0n) is 15.1. The van der Waals surface area contributed by atoms with E-state index in [0.29, 0.717) is 26.2 Å². The van der Waals surface area contributed by atoms with Crippen LogP contribution in [0, 0.1) is 0 Å². The molecule has 0 saturated carbocycles. The summed E-state index contributed by atoms with van der Waals surface area (Å²) in [5.74, 6) is 0.0793. The van der Waals surface area contributed by atoms with E-state index in [1.54, 1.807) is 0 Å². The Labute approximate surface area is 150 Å². The van der Waals surface area contributed by atoms with E-state index >= 15 is 0 Å². The topological polar surface area (TPSA) is 83.1 Å². The number of nitrogens with one attached hydrogen (secondary N) is 2. The van der Waals surface area contributed by atoms with Crippen LogP contribution in [0.2, 0.25) is 0 Å². The van der Waals surface area contributed by atoms with Crippen LogP contribution >= 0.6 is 0 Å². The van der Waals surface area contributed by atoms with Gasteiger partial charge in [-0.3, -0.25) is 4.79 Å². The second kappa shape index (κ2) is 9.83. The molecule has 3 rings (SSSR count). The molecule has 7 heteroatoms. The molecular weight excluding hydrogens is 322 g/mol. The van der Waals surface area contributed by atoms with Crippen molar-refractivity contribution in [3.05, 3.63) is 0 Å². The zero-order chi connectivity index (χ0) is 17.5. The Morgan fingerprint density at radius 3 is 2.88 bits per heavy atom. The standard InChI is InChI=1S/C18H33N3O4/c22-14-11-20-16-5-4-15(25-17(16)13-24-12-14)10-18(23)19-6-9-21-7-2-1-3-8-21/h14-17,20,22H,1-13H2,(H,19,23)/t14-,15-,16+,17-/m0/s1. The highest BCUT2D eigenvalue weighted by Crippen LogP contribution is 2.23. The van der Waals surface area contributed by atoms with E-state index in [2.05, 4.69) is 15.5 Å². The van der Waals surface area contributed by atoms with E-state index in [0.717, 1.165) is 39.0 Å². The number of carbonyl (C=O) groups excluding carboxylic acids is 1. The van der Waals surface area contributed by atoms with Crippen LogP contribution in [0.3, 0.4) is 0 Å². The van der Waals surface area contributed by atoms with Crippen LogP contribution in [-0.4, -0.2) is 86.2 Å². The van der Waals surface area contributed by atoms with Crippen molar-refractivity contribution in [2.45, 2.75) is 62.9 Å². The minimum atomic E-state index is -0.454. The first-order valence-corrected chi connectivity index (χ1v) is 9.84. The fourth-order valence-electron chi connectivity index (χ4n) is 3.98. The highest BCUT2D eigenvalue weighted by molar-refractivity contribution is 5.76. The number of carbonyl (C=O) groups is 1. The van der Waals surface area contributed by atoms with Crippen LogP contribution in [0.1, 0.15) is 38.5 Å². The SMILES string of the molecule is O=C(C[C@@H]1CC[C@H]2NC[C@H](O)COC[C@@H]2O1)NCCN1CCCCC1. The Bertz CT molecular complexity index is 417. The van der Waals surface area contributed by atoms with Gasteiger partial charge in [0.2, 0.25) is 5.91 Å². The van der Waals surface area contributed by atoms with Gasteiger partial charge in [-0.15, -0.1) is 0 Å². The number of fused-ring (bicyclic) bond motifs is 1. The summed E-state index contributed by atoms with van der Waals surface area (Å²) in [6.07, 6.45) is 5.60. The van der Waals surface area contributed by atoms with Crippen LogP contribution in [-0.2, 0) is 14.3 Å². The number of amides is 1. The van der Waals surface area contributed by atoms with Gasteiger partial charge in [-0.2, -0.15) is 0 Å². The van der Waals surface area contributed by atoms with E-state index < -0.39 is 6.10 Å². The van der Waals surface area contributed by atoms with Gasteiger partial charge < -0.3 is 30.1 Å². The van der Waals surface area contributed by atoms with Crippen LogP contribution in [0.25, 0.3) is 0 Å². The molecule has 1 amide bonds. The van der Waals surface area contributed by atoms with Gasteiger partial charge in [-0.05, 0) is 38.8 Å². The monoisotopic (exact) mass is 355 g/mol. The summed E-state index contributed by atoms with van der Waals surface area (Å²) < 4.78 is 11.6. The minimum Gasteiger partial charge on any atom is -0.389 e. The molecule has 25 heavy (non-hydrogen) atoms. The van der Waals surface area contributed by atoms with Crippen molar-refractivity contribution in [1.29, 1.82) is 0 Å². The van der Waals surface area contributed by atoms with Gasteiger partial charge in [0.25, 0.3) is 0 Å². The molecule has 3 aliphatic rings. The summed E-state index contributed by atoms with van der Waals surface area (Å²) in [7, 11) is 0. The third-order valence-corrected chi connectivity index (χ3v) is 5.44. The van der Waals surface area contributed by atoms with Crippen molar-refractivity contribution in [2.75, 3.05) is 45.9 Å². The Hall–Kier alpha value is -0.730. The van der Waals surface area contributed by atoms with Crippen LogP contribution in [0.4, 0.5) is 0 Å². The molecule has 0 bridgehead atoms. The molecule has 3 fully saturated rings. The third-order valence-electron chi connectivity index (χ3n) is 5.44. The molecular formula is C18H33N3O4. The summed E-state index contributed by atoms with van der Waals surface area (Å²) in [4.78, 5) is 14.6. The maximum Gasteiger partial charge on any atom is 0.222 e. The lowest BCUT2D eigenvalue weighted by Crippen LogP contribution is -2.54. The second-order valence-corrected chi connectivity index (χ2v) is 7.54. The van der Waals surface area contributed by atoms with E-state index in [4.69, 9.17) is 9.47 Å². The number of β-amino-alcohol motifs (C(OH)–C–C–N with tert-alkyl or cyclic N) is 1. The number of piperidine rings is 1. The predicted octanol–water partition coefficient (Wildman–Crippen LogP) is -0.124. The molecule has 3 heterocycles. The number of rotatable bonds is 5. The molecule has 0 aromatic rings. The number of hydrogen-bond acceptors (Lipinski definition) is 6. The summed E-state index contributed by atoms with van der Waals surface area (Å²) in [6.45, 7) is 5.33. The molecule has 4 atom stereocenters. The fraction of sp³-hybridized carbons (Fsp3) is 0.944. The van der Waals surface area contributed by atoms with E-state index in [-0.39, 0.29) is 24.2 Å². The molecule has 3 aliphatic heterocycles. The average Bonchev–Trinajstić information content (AvgIpc) is 2.60. The number of aliphatic hydroxyl groups is 1. The lowest BCUT2D eigenvalue weighted by Gasteiger charge is -2.38. The van der Waals surface area contributed by atoms with Crippen LogP contribution < -0.4 is 10.6 Å². The maximum absolute atomic E-state index is 12.2. The Kier molecular flexibility index (Phi) is 7.49. The van der Waals surface area contributed by atoms with Crippen molar-refractivity contribution in [3.63, 3.8) is 0 Å². The van der Waals surface area contributed by atoms with Crippen molar-refractivity contribution in [1.82, 2.24) is 15.5 Å². The second-order valence-electron chi connectivity index (χ2n) is 7.54. The quantitative estimate of drug-likeness (QED) is 0.638. The molecule has 0 aliphatic carbocycles. The molecule has 0 unspecified atom stereocenters. The zero-order valence-corrected chi connectivity index (χ0v) is 15.1. The number of nitrogens with zero attached hydrogens (tertiary/aromatic N) is 1. The molecule has 7 nitrogen and oxygen atoms in total. The van der Waals surface area contributed by atoms with Gasteiger partial charge in [-0.25, -0.2) is 0 Å². The smallest absolute Gasteiger partial charge is 0.222 e. The molecule has 0 aromatic carbocycles. The molecule has 0 aromatic heterocycles. The summed E-state index contributed by atoms with van der Waals surface area (Å²) in [6, 6.07) is 0.202. The van der Waals surface area contributed by atoms with Crippen molar-refractivity contribution < 1.29 is 19.4 Å². The minimum absolute atomic E-state index is 0.0348. The number of likely N-dealkylation sites (tertiary alicyclic amines) is 1. The summed E-state index contributed by atoms with van der Waals surface area (Å²) in [5, 5.41) is 16.1. The molecule has 3 N–H and O–H groups in total.